The molecule has 12 nitrogen and oxygen atoms in total. The fourth-order valence-corrected chi connectivity index (χ4v) is 6.79. The molecular formula is C24H24N4O8S3. The zero-order valence-electron chi connectivity index (χ0n) is 20.2. The lowest BCUT2D eigenvalue weighted by molar-refractivity contribution is -0.122. The number of benzene rings is 3. The zero-order valence-corrected chi connectivity index (χ0v) is 22.7. The van der Waals surface area contributed by atoms with Gasteiger partial charge in [0.25, 0.3) is 5.91 Å². The maximum atomic E-state index is 13.6. The number of amides is 2. The lowest BCUT2D eigenvalue weighted by Crippen LogP contribution is -2.46. The Morgan fingerprint density at radius 2 is 1.23 bits per heavy atom. The number of carbonyl (C=O) groups is 2. The number of carbonyl (C=O) groups excluding carboxylic acids is 2. The van der Waals surface area contributed by atoms with Gasteiger partial charge in [-0.25, -0.2) is 40.4 Å². The lowest BCUT2D eigenvalue weighted by Gasteiger charge is -2.27. The van der Waals surface area contributed by atoms with Gasteiger partial charge in [0.15, 0.2) is 0 Å². The molecule has 206 valence electrons. The summed E-state index contributed by atoms with van der Waals surface area (Å²) in [7, 11) is -12.2. The molecule has 0 aliphatic carbocycles. The van der Waals surface area contributed by atoms with E-state index in [1.54, 1.807) is 6.07 Å². The van der Waals surface area contributed by atoms with Gasteiger partial charge in [-0.1, -0.05) is 30.3 Å². The van der Waals surface area contributed by atoms with Crippen LogP contribution in [0.15, 0.2) is 93.5 Å². The fourth-order valence-electron chi connectivity index (χ4n) is 4.15. The second-order valence-electron chi connectivity index (χ2n) is 8.69. The van der Waals surface area contributed by atoms with E-state index in [1.165, 1.54) is 60.7 Å². The van der Waals surface area contributed by atoms with E-state index in [9.17, 15) is 34.8 Å². The number of rotatable bonds is 9. The molecule has 1 heterocycles. The van der Waals surface area contributed by atoms with Crippen molar-refractivity contribution in [1.82, 2.24) is 4.31 Å². The van der Waals surface area contributed by atoms with Crippen LogP contribution in [-0.4, -0.2) is 54.0 Å². The van der Waals surface area contributed by atoms with E-state index < -0.39 is 54.3 Å². The average Bonchev–Trinajstić information content (AvgIpc) is 3.17. The van der Waals surface area contributed by atoms with Crippen molar-refractivity contribution in [1.29, 1.82) is 0 Å². The molecule has 0 aromatic heterocycles. The molecule has 4 N–H and O–H groups in total. The Kier molecular flexibility index (Phi) is 7.75. The molecule has 0 bridgehead atoms. The number of hydrogen-bond acceptors (Lipinski definition) is 8. The molecule has 4 rings (SSSR count). The Morgan fingerprint density at radius 3 is 1.74 bits per heavy atom. The molecule has 1 aliphatic rings. The SMILES string of the molecule is NS(=O)(=O)c1ccc(CCN(C2CC(=O)N(c3ccc(S(N)(=O)=O)cc3)C2=O)S(=O)(=O)c2ccccc2)cc1. The van der Waals surface area contributed by atoms with Gasteiger partial charge in [0.2, 0.25) is 36.0 Å². The predicted molar refractivity (Wildman–Crippen MR) is 141 cm³/mol. The normalized spacial score (nSPS) is 16.7. The van der Waals surface area contributed by atoms with Gasteiger partial charge in [0.05, 0.1) is 26.8 Å². The van der Waals surface area contributed by atoms with Crippen LogP contribution in [-0.2, 0) is 46.1 Å². The Labute approximate surface area is 226 Å². The number of nitrogens with two attached hydrogens (primary N) is 2. The minimum atomic E-state index is -4.25. The van der Waals surface area contributed by atoms with Crippen molar-refractivity contribution < 1.29 is 34.8 Å². The van der Waals surface area contributed by atoms with Crippen LogP contribution in [0, 0.1) is 0 Å². The minimum Gasteiger partial charge on any atom is -0.274 e. The zero-order chi connectivity index (χ0) is 28.6. The third kappa shape index (κ3) is 6.08. The van der Waals surface area contributed by atoms with E-state index in [2.05, 4.69) is 0 Å². The molecule has 0 spiro atoms. The molecule has 1 unspecified atom stereocenters. The van der Waals surface area contributed by atoms with Crippen molar-refractivity contribution in [3.05, 3.63) is 84.4 Å². The molecule has 0 saturated carbocycles. The largest absolute Gasteiger partial charge is 0.274 e. The highest BCUT2D eigenvalue weighted by molar-refractivity contribution is 7.89. The van der Waals surface area contributed by atoms with Gasteiger partial charge in [-0.15, -0.1) is 0 Å². The standard InChI is InChI=1S/C24H24N4O8S3/c25-37(31,32)19-10-6-17(7-11-19)14-15-27(39(35,36)21-4-2-1-3-5-21)22-16-23(29)28(24(22)30)18-8-12-20(13-9-18)38(26,33)34/h1-13,22H,14-16H2,(H2,25,31,32)(H2,26,33,34). The average molecular weight is 593 g/mol. The van der Waals surface area contributed by atoms with Crippen LogP contribution in [0.5, 0.6) is 0 Å². The van der Waals surface area contributed by atoms with Crippen LogP contribution >= 0.6 is 0 Å². The first-order chi connectivity index (χ1) is 18.2. The summed E-state index contributed by atoms with van der Waals surface area (Å²) in [5, 5.41) is 10.2. The second kappa shape index (κ2) is 10.6. The summed E-state index contributed by atoms with van der Waals surface area (Å²) in [5.41, 5.74) is 0.637. The molecule has 15 heteroatoms. The third-order valence-corrected chi connectivity index (χ3v) is 9.90. The topological polar surface area (TPSA) is 195 Å². The summed E-state index contributed by atoms with van der Waals surface area (Å²) in [6, 6.07) is 16.3. The van der Waals surface area contributed by atoms with Gasteiger partial charge in [-0.2, -0.15) is 4.31 Å². The maximum Gasteiger partial charge on any atom is 0.252 e. The van der Waals surface area contributed by atoms with Gasteiger partial charge in [-0.05, 0) is 60.5 Å². The van der Waals surface area contributed by atoms with Gasteiger partial charge in [-0.3, -0.25) is 9.59 Å². The van der Waals surface area contributed by atoms with Gasteiger partial charge in [0, 0.05) is 6.54 Å². The molecule has 3 aromatic rings. The Balaban J connectivity index is 1.66. The second-order valence-corrected chi connectivity index (χ2v) is 13.7. The fraction of sp³-hybridized carbons (Fsp3) is 0.167. The molecule has 0 radical (unpaired) electrons. The molecule has 1 atom stereocenters. The van der Waals surface area contributed by atoms with E-state index in [1.807, 2.05) is 0 Å². The number of primary sulfonamides is 2. The monoisotopic (exact) mass is 592 g/mol. The molecule has 1 aliphatic heterocycles. The van der Waals surface area contributed by atoms with Crippen molar-refractivity contribution in [3.63, 3.8) is 0 Å². The maximum absolute atomic E-state index is 13.6. The quantitative estimate of drug-likeness (QED) is 0.336. The van der Waals surface area contributed by atoms with Crippen molar-refractivity contribution >= 4 is 47.6 Å². The van der Waals surface area contributed by atoms with E-state index in [-0.39, 0.29) is 33.3 Å². The Bertz CT molecular complexity index is 1720. The molecule has 1 saturated heterocycles. The van der Waals surface area contributed by atoms with E-state index in [0.717, 1.165) is 21.3 Å². The number of anilines is 1. The summed E-state index contributed by atoms with van der Waals surface area (Å²) in [6.45, 7) is -0.201. The molecular weight excluding hydrogens is 568 g/mol. The first kappa shape index (κ1) is 28.5. The van der Waals surface area contributed by atoms with Crippen LogP contribution in [0.4, 0.5) is 5.69 Å². The van der Waals surface area contributed by atoms with E-state index in [0.29, 0.717) is 5.56 Å². The first-order valence-corrected chi connectivity index (χ1v) is 15.9. The molecule has 1 fully saturated rings. The van der Waals surface area contributed by atoms with E-state index in [4.69, 9.17) is 10.3 Å². The van der Waals surface area contributed by atoms with Gasteiger partial charge in [0.1, 0.15) is 6.04 Å². The lowest BCUT2D eigenvalue weighted by atomic mass is 10.1. The highest BCUT2D eigenvalue weighted by Crippen LogP contribution is 2.30. The Morgan fingerprint density at radius 1 is 0.718 bits per heavy atom. The highest BCUT2D eigenvalue weighted by Gasteiger charge is 2.46. The summed E-state index contributed by atoms with van der Waals surface area (Å²) in [5.74, 6) is -1.47. The van der Waals surface area contributed by atoms with Crippen LogP contribution < -0.4 is 15.2 Å². The molecule has 2 amide bonds. The van der Waals surface area contributed by atoms with Gasteiger partial charge >= 0.3 is 0 Å². The Hall–Kier alpha value is -3.47. The number of nitrogens with zero attached hydrogens (tertiary/aromatic N) is 2. The van der Waals surface area contributed by atoms with Crippen LogP contribution in [0.25, 0.3) is 0 Å². The molecule has 3 aromatic carbocycles. The summed E-state index contributed by atoms with van der Waals surface area (Å²) in [4.78, 5) is 26.8. The third-order valence-electron chi connectivity index (χ3n) is 6.12. The summed E-state index contributed by atoms with van der Waals surface area (Å²) < 4.78 is 74.4. The summed E-state index contributed by atoms with van der Waals surface area (Å²) >= 11 is 0. The summed E-state index contributed by atoms with van der Waals surface area (Å²) in [6.07, 6.45) is -0.343. The highest BCUT2D eigenvalue weighted by atomic mass is 32.2. The smallest absolute Gasteiger partial charge is 0.252 e. The predicted octanol–water partition coefficient (Wildman–Crippen LogP) is 0.547. The van der Waals surface area contributed by atoms with Crippen LogP contribution in [0.2, 0.25) is 0 Å². The number of imide groups is 1. The van der Waals surface area contributed by atoms with Crippen molar-refractivity contribution in [2.45, 2.75) is 33.6 Å². The van der Waals surface area contributed by atoms with Gasteiger partial charge < -0.3 is 0 Å². The van der Waals surface area contributed by atoms with Crippen molar-refractivity contribution in [2.75, 3.05) is 11.4 Å². The van der Waals surface area contributed by atoms with Crippen molar-refractivity contribution in [3.8, 4) is 0 Å². The number of sulfonamides is 3. The van der Waals surface area contributed by atoms with Crippen LogP contribution in [0.3, 0.4) is 0 Å². The van der Waals surface area contributed by atoms with Crippen molar-refractivity contribution in [2.24, 2.45) is 10.3 Å². The number of hydrogen-bond donors (Lipinski definition) is 2. The molecule has 39 heavy (non-hydrogen) atoms. The first-order valence-electron chi connectivity index (χ1n) is 11.4. The van der Waals surface area contributed by atoms with E-state index >= 15 is 0 Å². The van der Waals surface area contributed by atoms with Crippen LogP contribution in [0.1, 0.15) is 12.0 Å². The minimum absolute atomic E-state index is 0.0653.